The predicted octanol–water partition coefficient (Wildman–Crippen LogP) is 2.13. The monoisotopic (exact) mass is 392 g/mol. The van der Waals surface area contributed by atoms with Crippen molar-refractivity contribution in [2.75, 3.05) is 19.1 Å². The SMILES string of the molecule is COc1ccc(OC)c(C2C(C#N)=C(N)N(c3ncn[nH]3)C3=C2C(=O)CCC3)c1. The van der Waals surface area contributed by atoms with E-state index in [4.69, 9.17) is 15.2 Å². The van der Waals surface area contributed by atoms with Gasteiger partial charge in [0.15, 0.2) is 5.78 Å². The van der Waals surface area contributed by atoms with Crippen molar-refractivity contribution in [2.24, 2.45) is 5.73 Å². The van der Waals surface area contributed by atoms with Crippen molar-refractivity contribution < 1.29 is 14.3 Å². The minimum absolute atomic E-state index is 0.0223. The van der Waals surface area contributed by atoms with Crippen LogP contribution in [0, 0.1) is 11.3 Å². The Bertz CT molecular complexity index is 1060. The Hall–Kier alpha value is -3.80. The van der Waals surface area contributed by atoms with E-state index in [9.17, 15) is 10.1 Å². The summed E-state index contributed by atoms with van der Waals surface area (Å²) in [6.45, 7) is 0. The van der Waals surface area contributed by atoms with Crippen LogP contribution >= 0.6 is 0 Å². The van der Waals surface area contributed by atoms with E-state index in [0.29, 0.717) is 47.8 Å². The van der Waals surface area contributed by atoms with Crippen LogP contribution in [0.25, 0.3) is 0 Å². The standard InChI is InChI=1S/C20H20N6O3/c1-28-11-6-7-16(29-2)12(8-11)17-13(9-21)19(22)26(20-23-10-24-25-20)14-4-3-5-15(27)18(14)17/h6-8,10,17H,3-5,22H2,1-2H3,(H,23,24,25). The molecule has 0 spiro atoms. The number of nitriles is 1. The van der Waals surface area contributed by atoms with E-state index >= 15 is 0 Å². The average molecular weight is 392 g/mol. The van der Waals surface area contributed by atoms with E-state index in [1.54, 1.807) is 37.3 Å². The summed E-state index contributed by atoms with van der Waals surface area (Å²) < 4.78 is 10.9. The zero-order valence-electron chi connectivity index (χ0n) is 16.1. The smallest absolute Gasteiger partial charge is 0.231 e. The van der Waals surface area contributed by atoms with Gasteiger partial charge in [0.25, 0.3) is 0 Å². The lowest BCUT2D eigenvalue weighted by molar-refractivity contribution is -0.116. The number of nitrogens with two attached hydrogens (primary N) is 1. The molecule has 2 heterocycles. The minimum atomic E-state index is -0.646. The highest BCUT2D eigenvalue weighted by Gasteiger charge is 2.42. The maximum atomic E-state index is 13.1. The van der Waals surface area contributed by atoms with Crippen molar-refractivity contribution in [1.82, 2.24) is 15.2 Å². The Morgan fingerprint density at radius 1 is 1.31 bits per heavy atom. The molecule has 1 aromatic carbocycles. The number of anilines is 1. The second-order valence-electron chi connectivity index (χ2n) is 6.73. The lowest BCUT2D eigenvalue weighted by atomic mass is 9.75. The van der Waals surface area contributed by atoms with Crippen molar-refractivity contribution >= 4 is 11.7 Å². The van der Waals surface area contributed by atoms with Gasteiger partial charge in [0.1, 0.15) is 23.6 Å². The minimum Gasteiger partial charge on any atom is -0.497 e. The van der Waals surface area contributed by atoms with Crippen LogP contribution in [0.4, 0.5) is 5.95 Å². The molecule has 2 aliphatic rings. The number of rotatable bonds is 4. The molecule has 4 rings (SSSR count). The highest BCUT2D eigenvalue weighted by atomic mass is 16.5. The lowest BCUT2D eigenvalue weighted by Gasteiger charge is -2.38. The second-order valence-corrected chi connectivity index (χ2v) is 6.73. The number of ketones is 1. The molecule has 148 valence electrons. The summed E-state index contributed by atoms with van der Waals surface area (Å²) in [5.74, 6) is 1.06. The first-order valence-electron chi connectivity index (χ1n) is 9.14. The van der Waals surface area contributed by atoms with Gasteiger partial charge >= 0.3 is 0 Å². The Balaban J connectivity index is 2.00. The van der Waals surface area contributed by atoms with Crippen LogP contribution in [0.3, 0.4) is 0 Å². The normalized spacial score (nSPS) is 19.1. The first-order valence-corrected chi connectivity index (χ1v) is 9.14. The van der Waals surface area contributed by atoms with Gasteiger partial charge in [0.05, 0.1) is 31.8 Å². The highest BCUT2D eigenvalue weighted by molar-refractivity contribution is 6.01. The predicted molar refractivity (Wildman–Crippen MR) is 104 cm³/mol. The second kappa shape index (κ2) is 7.31. The largest absolute Gasteiger partial charge is 0.497 e. The molecule has 0 fully saturated rings. The number of nitrogens with zero attached hydrogens (tertiary/aromatic N) is 4. The molecule has 2 aromatic rings. The molecule has 1 aliphatic carbocycles. The molecule has 3 N–H and O–H groups in total. The Morgan fingerprint density at radius 3 is 2.79 bits per heavy atom. The van der Waals surface area contributed by atoms with Gasteiger partial charge in [0.2, 0.25) is 5.95 Å². The van der Waals surface area contributed by atoms with Crippen molar-refractivity contribution in [1.29, 1.82) is 5.26 Å². The number of H-pyrrole nitrogens is 1. The number of hydrogen-bond acceptors (Lipinski definition) is 8. The molecule has 1 atom stereocenters. The summed E-state index contributed by atoms with van der Waals surface area (Å²) in [5, 5.41) is 16.7. The third-order valence-corrected chi connectivity index (χ3v) is 5.28. The van der Waals surface area contributed by atoms with Gasteiger partial charge in [-0.15, -0.1) is 0 Å². The molecule has 0 amide bonds. The molecule has 9 nitrogen and oxygen atoms in total. The molecule has 0 radical (unpaired) electrons. The summed E-state index contributed by atoms with van der Waals surface area (Å²) in [7, 11) is 3.11. The van der Waals surface area contributed by atoms with Gasteiger partial charge < -0.3 is 15.2 Å². The van der Waals surface area contributed by atoms with Crippen molar-refractivity contribution in [3.63, 3.8) is 0 Å². The van der Waals surface area contributed by atoms with Crippen LogP contribution in [0.5, 0.6) is 11.5 Å². The first-order chi connectivity index (χ1) is 14.1. The van der Waals surface area contributed by atoms with Gasteiger partial charge in [-0.1, -0.05) is 0 Å². The fourth-order valence-electron chi connectivity index (χ4n) is 4.01. The molecule has 9 heteroatoms. The molecule has 0 saturated carbocycles. The van der Waals surface area contributed by atoms with E-state index in [0.717, 1.165) is 5.70 Å². The molecular weight excluding hydrogens is 372 g/mol. The van der Waals surface area contributed by atoms with E-state index in [1.165, 1.54) is 6.33 Å². The first kappa shape index (κ1) is 18.6. The summed E-state index contributed by atoms with van der Waals surface area (Å²) in [5.41, 5.74) is 8.61. The third-order valence-electron chi connectivity index (χ3n) is 5.28. The fourth-order valence-corrected chi connectivity index (χ4v) is 4.01. The van der Waals surface area contributed by atoms with Crippen molar-refractivity contribution in [3.05, 3.63) is 52.8 Å². The summed E-state index contributed by atoms with van der Waals surface area (Å²) >= 11 is 0. The number of benzene rings is 1. The zero-order valence-corrected chi connectivity index (χ0v) is 16.1. The molecule has 1 unspecified atom stereocenters. The number of allylic oxidation sites excluding steroid dienone is 3. The van der Waals surface area contributed by atoms with E-state index in [2.05, 4.69) is 21.3 Å². The molecule has 29 heavy (non-hydrogen) atoms. The molecule has 0 saturated heterocycles. The van der Waals surface area contributed by atoms with Crippen LogP contribution in [-0.2, 0) is 4.79 Å². The van der Waals surface area contributed by atoms with Crippen molar-refractivity contribution in [3.8, 4) is 17.6 Å². The van der Waals surface area contributed by atoms with Crippen molar-refractivity contribution in [2.45, 2.75) is 25.2 Å². The summed E-state index contributed by atoms with van der Waals surface area (Å²) in [6.07, 6.45) is 3.09. The van der Waals surface area contributed by atoms with Crippen LogP contribution < -0.4 is 20.1 Å². The maximum absolute atomic E-state index is 13.1. The summed E-state index contributed by atoms with van der Waals surface area (Å²) in [4.78, 5) is 18.9. The number of aromatic nitrogens is 3. The van der Waals surface area contributed by atoms with Crippen LogP contribution in [-0.4, -0.2) is 35.2 Å². The van der Waals surface area contributed by atoms with Crippen LogP contribution in [0.15, 0.2) is 47.2 Å². The zero-order chi connectivity index (χ0) is 20.5. The number of methoxy groups -OCH3 is 2. The average Bonchev–Trinajstić information content (AvgIpc) is 3.26. The van der Waals surface area contributed by atoms with Gasteiger partial charge in [-0.2, -0.15) is 15.3 Å². The van der Waals surface area contributed by atoms with Gasteiger partial charge in [-0.3, -0.25) is 9.69 Å². The van der Waals surface area contributed by atoms with E-state index in [-0.39, 0.29) is 17.2 Å². The number of Topliss-reactive ketones (excluding diaryl/α,β-unsaturated/α-hetero) is 1. The molecule has 1 aromatic heterocycles. The quantitative estimate of drug-likeness (QED) is 0.809. The summed E-state index contributed by atoms with van der Waals surface area (Å²) in [6, 6.07) is 7.51. The molecular formula is C20H20N6O3. The molecule has 0 bridgehead atoms. The Kier molecular flexibility index (Phi) is 4.68. The Morgan fingerprint density at radius 2 is 2.14 bits per heavy atom. The molecule has 1 aliphatic heterocycles. The highest BCUT2D eigenvalue weighted by Crippen LogP contribution is 2.48. The van der Waals surface area contributed by atoms with E-state index in [1.807, 2.05) is 0 Å². The van der Waals surface area contributed by atoms with Gasteiger partial charge in [0, 0.05) is 23.3 Å². The number of hydrogen-bond donors (Lipinski definition) is 2. The number of nitrogens with one attached hydrogen (secondary N) is 1. The number of ether oxygens (including phenoxy) is 2. The van der Waals surface area contributed by atoms with E-state index < -0.39 is 5.92 Å². The third kappa shape index (κ3) is 2.89. The lowest BCUT2D eigenvalue weighted by Crippen LogP contribution is -2.39. The fraction of sp³-hybridized carbons (Fsp3) is 0.300. The number of aromatic amines is 1. The van der Waals surface area contributed by atoms with Crippen LogP contribution in [0.1, 0.15) is 30.7 Å². The topological polar surface area (TPSA) is 130 Å². The van der Waals surface area contributed by atoms with Gasteiger partial charge in [-0.25, -0.2) is 5.10 Å². The van der Waals surface area contributed by atoms with Crippen LogP contribution in [0.2, 0.25) is 0 Å². The Labute approximate surface area is 167 Å². The number of carbonyl (C=O) groups is 1. The number of carbonyl (C=O) groups excluding carboxylic acids is 1. The maximum Gasteiger partial charge on any atom is 0.231 e. The van der Waals surface area contributed by atoms with Gasteiger partial charge in [-0.05, 0) is 31.0 Å².